The lowest BCUT2D eigenvalue weighted by molar-refractivity contribution is 0.0755. The van der Waals surface area contributed by atoms with Crippen LogP contribution in [0.1, 0.15) is 35.7 Å². The fourth-order valence-corrected chi connectivity index (χ4v) is 4.69. The quantitative estimate of drug-likeness (QED) is 0.651. The Morgan fingerprint density at radius 3 is 2.67 bits per heavy atom. The summed E-state index contributed by atoms with van der Waals surface area (Å²) in [6.07, 6.45) is 4.99. The third-order valence-electron chi connectivity index (χ3n) is 6.42. The summed E-state index contributed by atoms with van der Waals surface area (Å²) in [6.45, 7) is 2.02. The SMILES string of the molecule is Cn1cnc(C(=O)N2CCC3(CCc4nc(-c5ccccc5)cc(=O)n4CC3)C2)n1. The molecule has 1 aromatic carbocycles. The number of aromatic nitrogens is 5. The first kappa shape index (κ1) is 18.7. The third-order valence-corrected chi connectivity index (χ3v) is 6.42. The molecule has 0 bridgehead atoms. The van der Waals surface area contributed by atoms with Gasteiger partial charge in [0.15, 0.2) is 0 Å². The van der Waals surface area contributed by atoms with Crippen LogP contribution in [0.4, 0.5) is 0 Å². The highest BCUT2D eigenvalue weighted by atomic mass is 16.2. The molecule has 4 heterocycles. The summed E-state index contributed by atoms with van der Waals surface area (Å²) in [5, 5.41) is 4.15. The molecule has 0 aliphatic carbocycles. The number of hydrogen-bond donors (Lipinski definition) is 0. The second-order valence-corrected chi connectivity index (χ2v) is 8.38. The molecule has 2 aromatic heterocycles. The van der Waals surface area contributed by atoms with Crippen LogP contribution in [-0.2, 0) is 20.0 Å². The first-order chi connectivity index (χ1) is 14.5. The Hall–Kier alpha value is -3.29. The van der Waals surface area contributed by atoms with Gasteiger partial charge in [-0.05, 0) is 24.7 Å². The standard InChI is InChI=1S/C22H24N6O2/c1-26-15-23-20(25-26)21(30)27-11-9-22(14-27)8-7-18-24-17(16-5-3-2-4-6-16)13-19(29)28(18)12-10-22/h2-6,13,15H,7-12,14H2,1H3. The highest BCUT2D eigenvalue weighted by Gasteiger charge is 2.41. The maximum absolute atomic E-state index is 12.8. The highest BCUT2D eigenvalue weighted by molar-refractivity contribution is 5.90. The van der Waals surface area contributed by atoms with Gasteiger partial charge in [0.1, 0.15) is 12.2 Å². The van der Waals surface area contributed by atoms with E-state index in [1.54, 1.807) is 24.1 Å². The Balaban J connectivity index is 1.36. The van der Waals surface area contributed by atoms with Gasteiger partial charge in [-0.15, -0.1) is 5.10 Å². The number of carbonyl (C=O) groups excluding carboxylic acids is 1. The van der Waals surface area contributed by atoms with Crippen LogP contribution in [0.2, 0.25) is 0 Å². The van der Waals surface area contributed by atoms with Crippen molar-refractivity contribution in [3.8, 4) is 11.3 Å². The van der Waals surface area contributed by atoms with E-state index in [0.717, 1.165) is 42.8 Å². The number of carbonyl (C=O) groups is 1. The second-order valence-electron chi connectivity index (χ2n) is 8.38. The lowest BCUT2D eigenvalue weighted by atomic mass is 9.80. The number of rotatable bonds is 2. The van der Waals surface area contributed by atoms with Crippen LogP contribution in [0.15, 0.2) is 47.5 Å². The smallest absolute Gasteiger partial charge is 0.293 e. The molecular weight excluding hydrogens is 380 g/mol. The molecule has 8 nitrogen and oxygen atoms in total. The summed E-state index contributed by atoms with van der Waals surface area (Å²) in [5.74, 6) is 0.974. The lowest BCUT2D eigenvalue weighted by Crippen LogP contribution is -2.33. The van der Waals surface area contributed by atoms with Crippen molar-refractivity contribution < 1.29 is 4.79 Å². The van der Waals surface area contributed by atoms with E-state index in [9.17, 15) is 9.59 Å². The molecule has 1 amide bonds. The van der Waals surface area contributed by atoms with Crippen molar-refractivity contribution in [1.29, 1.82) is 0 Å². The van der Waals surface area contributed by atoms with Gasteiger partial charge in [-0.2, -0.15) is 0 Å². The minimum Gasteiger partial charge on any atom is -0.335 e. The average Bonchev–Trinajstić information content (AvgIpc) is 3.33. The first-order valence-electron chi connectivity index (χ1n) is 10.3. The third kappa shape index (κ3) is 3.32. The zero-order valence-corrected chi connectivity index (χ0v) is 17.0. The topological polar surface area (TPSA) is 85.9 Å². The fourth-order valence-electron chi connectivity index (χ4n) is 4.69. The number of likely N-dealkylation sites (tertiary alicyclic amines) is 1. The van der Waals surface area contributed by atoms with E-state index in [1.165, 1.54) is 0 Å². The van der Waals surface area contributed by atoms with Gasteiger partial charge in [0.25, 0.3) is 11.5 Å². The number of fused-ring (bicyclic) bond motifs is 1. The number of aryl methyl sites for hydroxylation is 2. The fraction of sp³-hybridized carbons (Fsp3) is 0.409. The van der Waals surface area contributed by atoms with E-state index in [4.69, 9.17) is 4.98 Å². The van der Waals surface area contributed by atoms with Crippen LogP contribution in [0.5, 0.6) is 0 Å². The largest absolute Gasteiger partial charge is 0.335 e. The van der Waals surface area contributed by atoms with E-state index >= 15 is 0 Å². The van der Waals surface area contributed by atoms with Crippen molar-refractivity contribution >= 4 is 5.91 Å². The Labute approximate surface area is 174 Å². The molecule has 5 rings (SSSR count). The van der Waals surface area contributed by atoms with E-state index in [0.29, 0.717) is 19.6 Å². The molecule has 2 aliphatic heterocycles. The molecule has 1 unspecified atom stereocenters. The van der Waals surface area contributed by atoms with Gasteiger partial charge >= 0.3 is 0 Å². The van der Waals surface area contributed by atoms with Crippen LogP contribution in [0, 0.1) is 5.41 Å². The number of nitrogens with zero attached hydrogens (tertiary/aromatic N) is 6. The average molecular weight is 404 g/mol. The summed E-state index contributed by atoms with van der Waals surface area (Å²) in [4.78, 5) is 36.4. The second kappa shape index (κ2) is 7.19. The van der Waals surface area contributed by atoms with Gasteiger partial charge in [-0.25, -0.2) is 9.97 Å². The zero-order chi connectivity index (χ0) is 20.7. The zero-order valence-electron chi connectivity index (χ0n) is 17.0. The normalized spacial score (nSPS) is 20.9. The Morgan fingerprint density at radius 2 is 1.90 bits per heavy atom. The van der Waals surface area contributed by atoms with Crippen LogP contribution >= 0.6 is 0 Å². The molecule has 154 valence electrons. The summed E-state index contributed by atoms with van der Waals surface area (Å²) < 4.78 is 3.36. The van der Waals surface area contributed by atoms with Gasteiger partial charge in [-0.1, -0.05) is 30.3 Å². The van der Waals surface area contributed by atoms with Crippen molar-refractivity contribution in [2.24, 2.45) is 12.5 Å². The summed E-state index contributed by atoms with van der Waals surface area (Å²) >= 11 is 0. The minimum atomic E-state index is -0.115. The van der Waals surface area contributed by atoms with Gasteiger partial charge < -0.3 is 4.90 Å². The van der Waals surface area contributed by atoms with Crippen LogP contribution < -0.4 is 5.56 Å². The molecule has 0 N–H and O–H groups in total. The van der Waals surface area contributed by atoms with Crippen molar-refractivity contribution in [1.82, 2.24) is 29.2 Å². The molecule has 0 radical (unpaired) electrons. The maximum Gasteiger partial charge on any atom is 0.293 e. The Morgan fingerprint density at radius 1 is 1.10 bits per heavy atom. The molecule has 8 heteroatoms. The van der Waals surface area contributed by atoms with Gasteiger partial charge in [-0.3, -0.25) is 18.8 Å². The molecular formula is C22H24N6O2. The molecule has 30 heavy (non-hydrogen) atoms. The van der Waals surface area contributed by atoms with Gasteiger partial charge in [0.05, 0.1) is 5.69 Å². The molecule has 2 aliphatic rings. The van der Waals surface area contributed by atoms with Crippen LogP contribution in [0.25, 0.3) is 11.3 Å². The molecule has 1 atom stereocenters. The Bertz CT molecular complexity index is 1150. The Kier molecular flexibility index (Phi) is 4.49. The molecule has 1 saturated heterocycles. The van der Waals surface area contributed by atoms with E-state index < -0.39 is 0 Å². The van der Waals surface area contributed by atoms with Crippen molar-refractivity contribution in [2.45, 2.75) is 32.2 Å². The van der Waals surface area contributed by atoms with Gasteiger partial charge in [0, 0.05) is 44.7 Å². The van der Waals surface area contributed by atoms with Crippen molar-refractivity contribution in [3.05, 3.63) is 64.7 Å². The number of hydrogen-bond acceptors (Lipinski definition) is 5. The molecule has 0 saturated carbocycles. The monoisotopic (exact) mass is 404 g/mol. The molecule has 3 aromatic rings. The summed E-state index contributed by atoms with van der Waals surface area (Å²) in [6, 6.07) is 11.4. The predicted molar refractivity (Wildman–Crippen MR) is 111 cm³/mol. The van der Waals surface area contributed by atoms with Crippen LogP contribution in [0.3, 0.4) is 0 Å². The number of benzene rings is 1. The van der Waals surface area contributed by atoms with Crippen LogP contribution in [-0.4, -0.2) is 48.2 Å². The van der Waals surface area contributed by atoms with E-state index in [-0.39, 0.29) is 22.7 Å². The van der Waals surface area contributed by atoms with E-state index in [2.05, 4.69) is 10.1 Å². The van der Waals surface area contributed by atoms with Crippen molar-refractivity contribution in [3.63, 3.8) is 0 Å². The van der Waals surface area contributed by atoms with Crippen molar-refractivity contribution in [2.75, 3.05) is 13.1 Å². The van der Waals surface area contributed by atoms with E-state index in [1.807, 2.05) is 39.8 Å². The molecule has 1 fully saturated rings. The summed E-state index contributed by atoms with van der Waals surface area (Å²) in [5.41, 5.74) is 1.70. The maximum atomic E-state index is 12.8. The molecule has 1 spiro atoms. The summed E-state index contributed by atoms with van der Waals surface area (Å²) in [7, 11) is 1.76. The lowest BCUT2D eigenvalue weighted by Gasteiger charge is -2.27. The van der Waals surface area contributed by atoms with Gasteiger partial charge in [0.2, 0.25) is 5.82 Å². The predicted octanol–water partition coefficient (Wildman–Crippen LogP) is 1.91. The first-order valence-corrected chi connectivity index (χ1v) is 10.3. The highest BCUT2D eigenvalue weighted by Crippen LogP contribution is 2.40. The minimum absolute atomic E-state index is 0.000446. The number of amides is 1.